The van der Waals surface area contributed by atoms with Crippen LogP contribution >= 0.6 is 0 Å². The lowest BCUT2D eigenvalue weighted by Crippen LogP contribution is -2.41. The molecule has 1 aliphatic heterocycles. The summed E-state index contributed by atoms with van der Waals surface area (Å²) in [4.78, 5) is 4.96. The summed E-state index contributed by atoms with van der Waals surface area (Å²) in [6.45, 7) is 11.1. The average Bonchev–Trinajstić information content (AvgIpc) is 3.07. The predicted octanol–water partition coefficient (Wildman–Crippen LogP) is 2.77. The molecule has 3 rings (SSSR count). The molecule has 3 heterocycles. The van der Waals surface area contributed by atoms with Gasteiger partial charge < -0.3 is 4.57 Å². The van der Waals surface area contributed by atoms with Crippen LogP contribution in [0.15, 0.2) is 11.1 Å². The van der Waals surface area contributed by atoms with Gasteiger partial charge >= 0.3 is 0 Å². The highest BCUT2D eigenvalue weighted by Crippen LogP contribution is 2.29. The van der Waals surface area contributed by atoms with Crippen molar-refractivity contribution in [2.75, 3.05) is 13.1 Å². The third-order valence-corrected chi connectivity index (χ3v) is 7.69. The van der Waals surface area contributed by atoms with E-state index in [1.54, 1.807) is 23.0 Å². The van der Waals surface area contributed by atoms with E-state index in [-0.39, 0.29) is 5.92 Å². The standard InChI is InChI=1S/C19H31N5O2S/c1-13(2)24-14(3)11-20-18(24)10-17-8-7-9-23(12-17)27(25,26)19-15(4)21-22(6)16(19)5/h11,13,17H,7-10,12H2,1-6H3. The molecule has 0 spiro atoms. The van der Waals surface area contributed by atoms with Gasteiger partial charge in [-0.05, 0) is 53.4 Å². The van der Waals surface area contributed by atoms with Crippen molar-refractivity contribution in [2.45, 2.75) is 64.8 Å². The predicted molar refractivity (Wildman–Crippen MR) is 105 cm³/mol. The topological polar surface area (TPSA) is 73.0 Å². The number of aromatic nitrogens is 4. The fourth-order valence-corrected chi connectivity index (χ4v) is 6.23. The van der Waals surface area contributed by atoms with Crippen LogP contribution in [0.5, 0.6) is 0 Å². The van der Waals surface area contributed by atoms with Gasteiger partial charge in [0, 0.05) is 44.5 Å². The summed E-state index contributed by atoms with van der Waals surface area (Å²) in [6, 6.07) is 0.353. The Bertz CT molecular complexity index is 926. The van der Waals surface area contributed by atoms with Gasteiger partial charge in [0.2, 0.25) is 10.0 Å². The Morgan fingerprint density at radius 2 is 1.96 bits per heavy atom. The number of piperidine rings is 1. The zero-order valence-electron chi connectivity index (χ0n) is 17.2. The molecule has 0 saturated carbocycles. The molecule has 0 N–H and O–H groups in total. The molecule has 1 unspecified atom stereocenters. The maximum absolute atomic E-state index is 13.3. The monoisotopic (exact) mass is 393 g/mol. The first-order chi connectivity index (χ1) is 12.6. The molecule has 1 atom stereocenters. The molecule has 0 amide bonds. The Balaban J connectivity index is 1.82. The first kappa shape index (κ1) is 20.1. The summed E-state index contributed by atoms with van der Waals surface area (Å²) in [7, 11) is -1.74. The highest BCUT2D eigenvalue weighted by atomic mass is 32.2. The van der Waals surface area contributed by atoms with Crippen LogP contribution in [0.2, 0.25) is 0 Å². The van der Waals surface area contributed by atoms with Gasteiger partial charge in [0.1, 0.15) is 10.7 Å². The molecule has 1 fully saturated rings. The molecule has 27 heavy (non-hydrogen) atoms. The van der Waals surface area contributed by atoms with Crippen LogP contribution in [0, 0.1) is 26.7 Å². The van der Waals surface area contributed by atoms with Gasteiger partial charge in [0.15, 0.2) is 0 Å². The Kier molecular flexibility index (Phi) is 5.49. The lowest BCUT2D eigenvalue weighted by Gasteiger charge is -2.32. The minimum atomic E-state index is -3.53. The summed E-state index contributed by atoms with van der Waals surface area (Å²) in [5.74, 6) is 1.34. The number of nitrogens with zero attached hydrogens (tertiary/aromatic N) is 5. The lowest BCUT2D eigenvalue weighted by atomic mass is 9.96. The summed E-state index contributed by atoms with van der Waals surface area (Å²) < 4.78 is 32.1. The Labute approximate surface area is 162 Å². The van der Waals surface area contributed by atoms with E-state index in [1.165, 1.54) is 0 Å². The van der Waals surface area contributed by atoms with E-state index >= 15 is 0 Å². The zero-order chi connectivity index (χ0) is 19.9. The summed E-state index contributed by atoms with van der Waals surface area (Å²) in [5, 5.41) is 4.29. The number of aryl methyl sites for hydroxylation is 3. The number of hydrogen-bond donors (Lipinski definition) is 0. The van der Waals surface area contributed by atoms with Crippen molar-refractivity contribution < 1.29 is 8.42 Å². The molecule has 1 saturated heterocycles. The van der Waals surface area contributed by atoms with E-state index in [9.17, 15) is 8.42 Å². The molecule has 8 heteroatoms. The van der Waals surface area contributed by atoms with Gasteiger partial charge in [-0.2, -0.15) is 9.40 Å². The maximum atomic E-state index is 13.3. The Morgan fingerprint density at radius 1 is 1.26 bits per heavy atom. The van der Waals surface area contributed by atoms with Crippen molar-refractivity contribution in [1.82, 2.24) is 23.6 Å². The zero-order valence-corrected chi connectivity index (χ0v) is 18.0. The summed E-state index contributed by atoms with van der Waals surface area (Å²) >= 11 is 0. The smallest absolute Gasteiger partial charge is 0.246 e. The average molecular weight is 394 g/mol. The second-order valence-corrected chi connectivity index (χ2v) is 9.85. The van der Waals surface area contributed by atoms with Crippen LogP contribution in [0.4, 0.5) is 0 Å². The SMILES string of the molecule is Cc1nn(C)c(C)c1S(=O)(=O)N1CCCC(Cc2ncc(C)n2C(C)C)C1. The summed E-state index contributed by atoms with van der Waals surface area (Å²) in [6.07, 6.45) is 4.63. The second kappa shape index (κ2) is 7.39. The van der Waals surface area contributed by atoms with Gasteiger partial charge in [-0.15, -0.1) is 0 Å². The fourth-order valence-electron chi connectivity index (χ4n) is 4.28. The van der Waals surface area contributed by atoms with E-state index in [4.69, 9.17) is 0 Å². The van der Waals surface area contributed by atoms with E-state index < -0.39 is 10.0 Å². The Hall–Kier alpha value is -1.67. The highest BCUT2D eigenvalue weighted by molar-refractivity contribution is 7.89. The van der Waals surface area contributed by atoms with Crippen molar-refractivity contribution in [3.63, 3.8) is 0 Å². The molecule has 2 aromatic heterocycles. The number of rotatable bonds is 5. The van der Waals surface area contributed by atoms with E-state index in [2.05, 4.69) is 35.4 Å². The maximum Gasteiger partial charge on any atom is 0.246 e. The van der Waals surface area contributed by atoms with Gasteiger partial charge in [-0.1, -0.05) is 0 Å². The van der Waals surface area contributed by atoms with E-state index in [0.29, 0.717) is 35.4 Å². The third kappa shape index (κ3) is 3.69. The summed E-state index contributed by atoms with van der Waals surface area (Å²) in [5.41, 5.74) is 2.42. The minimum Gasteiger partial charge on any atom is -0.330 e. The molecular weight excluding hydrogens is 362 g/mol. The molecule has 0 radical (unpaired) electrons. The molecule has 0 bridgehead atoms. The number of hydrogen-bond acceptors (Lipinski definition) is 4. The van der Waals surface area contributed by atoms with Crippen LogP contribution < -0.4 is 0 Å². The fraction of sp³-hybridized carbons (Fsp3) is 0.684. The van der Waals surface area contributed by atoms with Gasteiger partial charge in [-0.3, -0.25) is 4.68 Å². The van der Waals surface area contributed by atoms with Crippen molar-refractivity contribution in [2.24, 2.45) is 13.0 Å². The molecule has 1 aliphatic rings. The van der Waals surface area contributed by atoms with Crippen LogP contribution in [0.1, 0.15) is 55.6 Å². The highest BCUT2D eigenvalue weighted by Gasteiger charge is 2.34. The first-order valence-corrected chi connectivity index (χ1v) is 11.1. The van der Waals surface area contributed by atoms with Crippen molar-refractivity contribution in [3.8, 4) is 0 Å². The second-order valence-electron chi connectivity index (χ2n) is 7.98. The molecular formula is C19H31N5O2S. The largest absolute Gasteiger partial charge is 0.330 e. The van der Waals surface area contributed by atoms with Crippen molar-refractivity contribution in [1.29, 1.82) is 0 Å². The van der Waals surface area contributed by atoms with Gasteiger partial charge in [-0.25, -0.2) is 13.4 Å². The molecule has 0 aromatic carbocycles. The van der Waals surface area contributed by atoms with Crippen LogP contribution in [0.25, 0.3) is 0 Å². The van der Waals surface area contributed by atoms with Crippen LogP contribution in [-0.2, 0) is 23.5 Å². The van der Waals surface area contributed by atoms with Gasteiger partial charge in [0.25, 0.3) is 0 Å². The van der Waals surface area contributed by atoms with E-state index in [0.717, 1.165) is 30.8 Å². The first-order valence-electron chi connectivity index (χ1n) is 9.66. The number of sulfonamides is 1. The van der Waals surface area contributed by atoms with Gasteiger partial charge in [0.05, 0.1) is 11.4 Å². The lowest BCUT2D eigenvalue weighted by molar-refractivity contribution is 0.260. The molecule has 150 valence electrons. The van der Waals surface area contributed by atoms with Crippen molar-refractivity contribution in [3.05, 3.63) is 29.1 Å². The van der Waals surface area contributed by atoms with Crippen LogP contribution in [0.3, 0.4) is 0 Å². The number of imidazole rings is 1. The minimum absolute atomic E-state index is 0.283. The van der Waals surface area contributed by atoms with Crippen molar-refractivity contribution >= 4 is 10.0 Å². The third-order valence-electron chi connectivity index (χ3n) is 5.57. The Morgan fingerprint density at radius 3 is 2.56 bits per heavy atom. The molecule has 2 aromatic rings. The normalized spacial score (nSPS) is 19.1. The molecule has 0 aliphatic carbocycles. The van der Waals surface area contributed by atoms with Crippen LogP contribution in [-0.4, -0.2) is 45.1 Å². The van der Waals surface area contributed by atoms with E-state index in [1.807, 2.05) is 13.1 Å². The molecule has 7 nitrogen and oxygen atoms in total. The quantitative estimate of drug-likeness (QED) is 0.783.